The van der Waals surface area contributed by atoms with Crippen LogP contribution in [0.5, 0.6) is 5.75 Å². The Morgan fingerprint density at radius 2 is 1.67 bits per heavy atom. The number of rotatable bonds is 5. The molecule has 4 N–H and O–H groups in total. The molecule has 0 amide bonds. The molecule has 1 fully saturated rings. The van der Waals surface area contributed by atoms with Gasteiger partial charge < -0.3 is 20.4 Å². The van der Waals surface area contributed by atoms with Gasteiger partial charge in [0.05, 0.1) is 5.71 Å². The second kappa shape index (κ2) is 7.69. The molecule has 0 spiro atoms. The number of aliphatic carboxylic acids is 1. The minimum Gasteiger partial charge on any atom is -0.508 e. The van der Waals surface area contributed by atoms with E-state index in [1.165, 1.54) is 12.1 Å². The van der Waals surface area contributed by atoms with Crippen molar-refractivity contribution in [1.29, 1.82) is 0 Å². The van der Waals surface area contributed by atoms with Crippen LogP contribution in [-0.2, 0) is 11.2 Å². The normalized spacial score (nSPS) is 20.0. The SMILES string of the molecule is C[N+](=C1C(O)C(=N[C@@H](Cc2ccc(O)cc2)C(=O)O)C1O)c1ccccc1. The summed E-state index contributed by atoms with van der Waals surface area (Å²) >= 11 is 0. The summed E-state index contributed by atoms with van der Waals surface area (Å²) in [6.45, 7) is 0. The largest absolute Gasteiger partial charge is 0.508 e. The maximum absolute atomic E-state index is 11.6. The van der Waals surface area contributed by atoms with E-state index in [2.05, 4.69) is 4.99 Å². The van der Waals surface area contributed by atoms with Crippen LogP contribution in [0.15, 0.2) is 59.6 Å². The summed E-state index contributed by atoms with van der Waals surface area (Å²) in [6, 6.07) is 14.2. The molecule has 27 heavy (non-hydrogen) atoms. The third kappa shape index (κ3) is 3.89. The van der Waals surface area contributed by atoms with Gasteiger partial charge in [0.25, 0.3) is 0 Å². The molecule has 1 aliphatic rings. The number of phenolic OH excluding ortho intramolecular Hbond substituents is 1. The highest BCUT2D eigenvalue weighted by Crippen LogP contribution is 2.21. The summed E-state index contributed by atoms with van der Waals surface area (Å²) in [7, 11) is 1.72. The van der Waals surface area contributed by atoms with Crippen molar-refractivity contribution in [1.82, 2.24) is 0 Å². The number of aromatic hydroxyl groups is 1. The van der Waals surface area contributed by atoms with Gasteiger partial charge in [0.2, 0.25) is 11.4 Å². The maximum Gasteiger partial charge on any atom is 0.328 e. The minimum atomic E-state index is -1.15. The Morgan fingerprint density at radius 1 is 1.07 bits per heavy atom. The average Bonchev–Trinajstić information content (AvgIpc) is 2.67. The molecule has 2 unspecified atom stereocenters. The van der Waals surface area contributed by atoms with Crippen LogP contribution in [0.3, 0.4) is 0 Å². The first-order chi connectivity index (χ1) is 12.9. The Hall–Kier alpha value is -3.03. The van der Waals surface area contributed by atoms with Gasteiger partial charge in [-0.1, -0.05) is 30.3 Å². The molecule has 2 aromatic carbocycles. The smallest absolute Gasteiger partial charge is 0.328 e. The van der Waals surface area contributed by atoms with Crippen LogP contribution in [-0.4, -0.2) is 67.7 Å². The third-order valence-corrected chi connectivity index (χ3v) is 4.61. The van der Waals surface area contributed by atoms with Crippen molar-refractivity contribution in [3.63, 3.8) is 0 Å². The van der Waals surface area contributed by atoms with Crippen molar-refractivity contribution in [2.75, 3.05) is 7.05 Å². The number of phenols is 1. The number of nitrogens with zero attached hydrogens (tertiary/aromatic N) is 2. The van der Waals surface area contributed by atoms with E-state index in [4.69, 9.17) is 0 Å². The van der Waals surface area contributed by atoms with E-state index in [-0.39, 0.29) is 17.9 Å². The lowest BCUT2D eigenvalue weighted by atomic mass is 9.85. The van der Waals surface area contributed by atoms with Crippen LogP contribution in [0.4, 0.5) is 5.69 Å². The Balaban J connectivity index is 1.83. The van der Waals surface area contributed by atoms with Crippen LogP contribution in [0.2, 0.25) is 0 Å². The van der Waals surface area contributed by atoms with Crippen LogP contribution in [0.1, 0.15) is 5.56 Å². The fraction of sp³-hybridized carbons (Fsp3) is 0.250. The molecule has 0 aliphatic heterocycles. The highest BCUT2D eigenvalue weighted by Gasteiger charge is 2.49. The van der Waals surface area contributed by atoms with Crippen molar-refractivity contribution < 1.29 is 29.8 Å². The zero-order valence-electron chi connectivity index (χ0n) is 14.7. The molecule has 0 heterocycles. The van der Waals surface area contributed by atoms with Crippen LogP contribution in [0, 0.1) is 0 Å². The summed E-state index contributed by atoms with van der Waals surface area (Å²) in [5, 5.41) is 39.6. The van der Waals surface area contributed by atoms with Gasteiger partial charge in [-0.05, 0) is 17.7 Å². The number of carbonyl (C=O) groups is 1. The number of aliphatic imine (C=N–C) groups is 1. The quantitative estimate of drug-likeness (QED) is 0.587. The molecule has 7 heteroatoms. The molecule has 0 aromatic heterocycles. The van der Waals surface area contributed by atoms with Gasteiger partial charge in [0.1, 0.15) is 12.8 Å². The third-order valence-electron chi connectivity index (χ3n) is 4.61. The van der Waals surface area contributed by atoms with E-state index in [0.717, 1.165) is 5.69 Å². The summed E-state index contributed by atoms with van der Waals surface area (Å²) in [4.78, 5) is 15.7. The van der Waals surface area contributed by atoms with Crippen molar-refractivity contribution >= 4 is 23.1 Å². The first-order valence-electron chi connectivity index (χ1n) is 8.48. The number of benzene rings is 2. The number of hydrogen-bond acceptors (Lipinski definition) is 5. The summed E-state index contributed by atoms with van der Waals surface area (Å²) < 4.78 is 1.67. The minimum absolute atomic E-state index is 0.0407. The standard InChI is InChI=1S/C20H20N2O5/c1-22(13-5-3-2-4-6-13)17-18(24)16(19(17)25)21-15(20(26)27)11-12-7-9-14(23)10-8-12/h2-10,15,18-19,24-25H,11H2,1H3,(H-,23,26,27)/p+1/t15-,18?,19?/m0/s1. The number of aliphatic hydroxyl groups excluding tert-OH is 2. The second-order valence-corrected chi connectivity index (χ2v) is 6.40. The van der Waals surface area contributed by atoms with Gasteiger partial charge in [-0.2, -0.15) is 4.58 Å². The first kappa shape index (κ1) is 18.8. The molecule has 140 valence electrons. The lowest BCUT2D eigenvalue weighted by Gasteiger charge is -2.30. The Kier molecular flexibility index (Phi) is 5.34. The molecule has 0 radical (unpaired) electrons. The zero-order chi connectivity index (χ0) is 19.6. The van der Waals surface area contributed by atoms with Crippen molar-refractivity contribution in [2.45, 2.75) is 24.7 Å². The van der Waals surface area contributed by atoms with E-state index in [1.54, 1.807) is 23.8 Å². The van der Waals surface area contributed by atoms with Crippen molar-refractivity contribution in [3.8, 4) is 5.75 Å². The molecule has 1 saturated carbocycles. The molecule has 3 rings (SSSR count). The zero-order valence-corrected chi connectivity index (χ0v) is 14.7. The fourth-order valence-corrected chi connectivity index (χ4v) is 3.04. The second-order valence-electron chi connectivity index (χ2n) is 6.40. The predicted octanol–water partition coefficient (Wildman–Crippen LogP) is 0.979. The Bertz CT molecular complexity index is 876. The number of carboxylic acids is 1. The number of aliphatic hydroxyl groups is 2. The molecule has 7 nitrogen and oxygen atoms in total. The summed E-state index contributed by atoms with van der Waals surface area (Å²) in [5.41, 5.74) is 1.87. The topological polar surface area (TPSA) is 113 Å². The Morgan fingerprint density at radius 3 is 2.22 bits per heavy atom. The maximum atomic E-state index is 11.6. The van der Waals surface area contributed by atoms with E-state index >= 15 is 0 Å². The Labute approximate surface area is 156 Å². The van der Waals surface area contributed by atoms with Crippen LogP contribution >= 0.6 is 0 Å². The predicted molar refractivity (Wildman–Crippen MR) is 100.0 cm³/mol. The van der Waals surface area contributed by atoms with E-state index in [0.29, 0.717) is 11.3 Å². The lowest BCUT2D eigenvalue weighted by Crippen LogP contribution is -2.60. The van der Waals surface area contributed by atoms with Crippen LogP contribution in [0.25, 0.3) is 0 Å². The molecule has 1 aliphatic carbocycles. The van der Waals surface area contributed by atoms with E-state index < -0.39 is 24.2 Å². The molecular formula is C20H21N2O5+. The summed E-state index contributed by atoms with van der Waals surface area (Å²) in [6.07, 6.45) is -2.18. The molecular weight excluding hydrogens is 348 g/mol. The van der Waals surface area contributed by atoms with Gasteiger partial charge in [-0.15, -0.1) is 0 Å². The first-order valence-corrected chi connectivity index (χ1v) is 8.48. The van der Waals surface area contributed by atoms with E-state index in [1.807, 2.05) is 30.3 Å². The number of hydrogen-bond donors (Lipinski definition) is 4. The van der Waals surface area contributed by atoms with Crippen molar-refractivity contribution in [2.24, 2.45) is 4.99 Å². The number of carboxylic acid groups (broad SMARTS) is 1. The molecule has 0 saturated heterocycles. The monoisotopic (exact) mass is 369 g/mol. The average molecular weight is 369 g/mol. The number of para-hydroxylation sites is 1. The van der Waals surface area contributed by atoms with Gasteiger partial charge in [0, 0.05) is 18.6 Å². The van der Waals surface area contributed by atoms with Gasteiger partial charge in [-0.25, -0.2) is 4.79 Å². The molecule has 3 atom stereocenters. The van der Waals surface area contributed by atoms with Crippen LogP contribution < -0.4 is 0 Å². The van der Waals surface area contributed by atoms with Crippen molar-refractivity contribution in [3.05, 3.63) is 60.2 Å². The van der Waals surface area contributed by atoms with Gasteiger partial charge in [0.15, 0.2) is 18.2 Å². The molecule has 0 bridgehead atoms. The fourth-order valence-electron chi connectivity index (χ4n) is 3.04. The van der Waals surface area contributed by atoms with Gasteiger partial charge >= 0.3 is 5.97 Å². The van der Waals surface area contributed by atoms with Gasteiger partial charge in [-0.3, -0.25) is 4.99 Å². The summed E-state index contributed by atoms with van der Waals surface area (Å²) in [5.74, 6) is -1.06. The lowest BCUT2D eigenvalue weighted by molar-refractivity contribution is -0.412. The van der Waals surface area contributed by atoms with E-state index in [9.17, 15) is 25.2 Å². The highest BCUT2D eigenvalue weighted by atomic mass is 16.4. The highest BCUT2D eigenvalue weighted by molar-refractivity contribution is 6.31. The molecule has 2 aromatic rings.